The summed E-state index contributed by atoms with van der Waals surface area (Å²) in [4.78, 5) is 2.38. The van der Waals surface area contributed by atoms with Gasteiger partial charge >= 0.3 is 0 Å². The summed E-state index contributed by atoms with van der Waals surface area (Å²) in [6.45, 7) is 4.16. The summed E-state index contributed by atoms with van der Waals surface area (Å²) in [5, 5.41) is 9.51. The summed E-state index contributed by atoms with van der Waals surface area (Å²) in [6, 6.07) is 8.60. The van der Waals surface area contributed by atoms with Gasteiger partial charge in [0.2, 0.25) is 5.13 Å². The maximum atomic E-state index is 5.63. The highest BCUT2D eigenvalue weighted by Crippen LogP contribution is 2.31. The van der Waals surface area contributed by atoms with E-state index < -0.39 is 0 Å². The van der Waals surface area contributed by atoms with Crippen LogP contribution in [-0.2, 0) is 13.0 Å². The maximum Gasteiger partial charge on any atom is 0.203 e. The number of anilines is 2. The molecule has 1 aliphatic heterocycles. The van der Waals surface area contributed by atoms with Crippen LogP contribution >= 0.6 is 11.3 Å². The lowest BCUT2D eigenvalue weighted by Crippen LogP contribution is -2.33. The van der Waals surface area contributed by atoms with Crippen LogP contribution in [0.3, 0.4) is 0 Å². The molecule has 1 aromatic carbocycles. The molecule has 4 nitrogen and oxygen atoms in total. The first kappa shape index (κ1) is 11.5. The van der Waals surface area contributed by atoms with E-state index in [1.807, 2.05) is 0 Å². The first-order valence-electron chi connectivity index (χ1n) is 6.13. The number of hydrogen-bond acceptors (Lipinski definition) is 5. The molecule has 0 spiro atoms. The topological polar surface area (TPSA) is 55.0 Å². The third kappa shape index (κ3) is 2.18. The number of nitrogens with two attached hydrogens (primary N) is 1. The molecule has 2 aromatic rings. The van der Waals surface area contributed by atoms with E-state index in [0.29, 0.717) is 11.0 Å². The van der Waals surface area contributed by atoms with Crippen LogP contribution in [0.15, 0.2) is 24.3 Å². The molecule has 5 heteroatoms. The van der Waals surface area contributed by atoms with Crippen molar-refractivity contribution in [3.63, 3.8) is 0 Å². The van der Waals surface area contributed by atoms with Gasteiger partial charge in [-0.05, 0) is 24.0 Å². The van der Waals surface area contributed by atoms with Gasteiger partial charge in [-0.3, -0.25) is 0 Å². The monoisotopic (exact) mass is 260 g/mol. The minimum absolute atomic E-state index is 0.545. The lowest BCUT2D eigenvalue weighted by molar-refractivity contribution is 0.529. The molecule has 1 aliphatic rings. The van der Waals surface area contributed by atoms with Gasteiger partial charge in [0.25, 0.3) is 0 Å². The first-order valence-corrected chi connectivity index (χ1v) is 6.94. The highest BCUT2D eigenvalue weighted by Gasteiger charge is 2.22. The number of aromatic nitrogens is 2. The second kappa shape index (κ2) is 4.57. The minimum Gasteiger partial charge on any atom is -0.374 e. The quantitative estimate of drug-likeness (QED) is 0.900. The SMILES string of the molecule is CC1Cc2ccccc2N(Cc2nnc(N)s2)C1. The molecular weight excluding hydrogens is 244 g/mol. The number of nitrogens with zero attached hydrogens (tertiary/aromatic N) is 3. The molecule has 0 amide bonds. The molecule has 0 radical (unpaired) electrons. The zero-order valence-corrected chi connectivity index (χ0v) is 11.2. The molecule has 0 saturated carbocycles. The van der Waals surface area contributed by atoms with Crippen molar-refractivity contribution in [3.8, 4) is 0 Å². The molecule has 1 atom stereocenters. The van der Waals surface area contributed by atoms with Gasteiger partial charge in [0.15, 0.2) is 0 Å². The molecule has 3 rings (SSSR count). The Morgan fingerprint density at radius 2 is 2.22 bits per heavy atom. The summed E-state index contributed by atoms with van der Waals surface area (Å²) in [6.07, 6.45) is 1.16. The van der Waals surface area contributed by atoms with Crippen molar-refractivity contribution in [3.05, 3.63) is 34.8 Å². The van der Waals surface area contributed by atoms with Crippen LogP contribution in [-0.4, -0.2) is 16.7 Å². The summed E-state index contributed by atoms with van der Waals surface area (Å²) < 4.78 is 0. The average Bonchev–Trinajstić information content (AvgIpc) is 2.74. The van der Waals surface area contributed by atoms with Gasteiger partial charge in [-0.1, -0.05) is 36.5 Å². The van der Waals surface area contributed by atoms with Crippen molar-refractivity contribution < 1.29 is 0 Å². The number of hydrogen-bond donors (Lipinski definition) is 1. The van der Waals surface area contributed by atoms with Gasteiger partial charge in [0, 0.05) is 12.2 Å². The predicted molar refractivity (Wildman–Crippen MR) is 74.7 cm³/mol. The number of benzene rings is 1. The normalized spacial score (nSPS) is 18.7. The highest BCUT2D eigenvalue weighted by atomic mass is 32.1. The van der Waals surface area contributed by atoms with Crippen LogP contribution < -0.4 is 10.6 Å². The number of nitrogen functional groups attached to an aromatic ring is 1. The molecule has 2 heterocycles. The summed E-state index contributed by atoms with van der Waals surface area (Å²) in [5.41, 5.74) is 8.38. The highest BCUT2D eigenvalue weighted by molar-refractivity contribution is 7.15. The smallest absolute Gasteiger partial charge is 0.203 e. The molecule has 1 aromatic heterocycles. The van der Waals surface area contributed by atoms with E-state index in [1.54, 1.807) is 0 Å². The summed E-state index contributed by atoms with van der Waals surface area (Å²) in [7, 11) is 0. The third-order valence-corrected chi connectivity index (χ3v) is 3.98. The molecule has 0 fully saturated rings. The standard InChI is InChI=1S/C13H16N4S/c1-9-6-10-4-2-3-5-11(10)17(7-9)8-12-15-16-13(14)18-12/h2-5,9H,6-8H2,1H3,(H2,14,16). The Balaban J connectivity index is 1.88. The molecule has 18 heavy (non-hydrogen) atoms. The largest absolute Gasteiger partial charge is 0.374 e. The van der Waals surface area contributed by atoms with Gasteiger partial charge in [0.05, 0.1) is 6.54 Å². The number of rotatable bonds is 2. The third-order valence-electron chi connectivity index (χ3n) is 3.24. The van der Waals surface area contributed by atoms with Crippen LogP contribution in [0.4, 0.5) is 10.8 Å². The van der Waals surface area contributed by atoms with Crippen LogP contribution in [0.25, 0.3) is 0 Å². The Hall–Kier alpha value is -1.62. The fourth-order valence-electron chi connectivity index (χ4n) is 2.55. The van der Waals surface area contributed by atoms with Crippen molar-refractivity contribution >= 4 is 22.2 Å². The Kier molecular flexibility index (Phi) is 2.91. The van der Waals surface area contributed by atoms with Crippen molar-refractivity contribution in [1.29, 1.82) is 0 Å². The van der Waals surface area contributed by atoms with Crippen molar-refractivity contribution in [2.75, 3.05) is 17.2 Å². The van der Waals surface area contributed by atoms with Gasteiger partial charge in [0.1, 0.15) is 5.01 Å². The molecule has 2 N–H and O–H groups in total. The fourth-order valence-corrected chi connectivity index (χ4v) is 3.18. The van der Waals surface area contributed by atoms with E-state index in [0.717, 1.165) is 24.5 Å². The van der Waals surface area contributed by atoms with E-state index in [-0.39, 0.29) is 0 Å². The Labute approximate surface area is 110 Å². The van der Waals surface area contributed by atoms with Gasteiger partial charge in [-0.2, -0.15) is 0 Å². The van der Waals surface area contributed by atoms with Crippen LogP contribution in [0, 0.1) is 5.92 Å². The van der Waals surface area contributed by atoms with E-state index in [4.69, 9.17) is 5.73 Å². The van der Waals surface area contributed by atoms with E-state index in [1.165, 1.54) is 22.6 Å². The predicted octanol–water partition coefficient (Wildman–Crippen LogP) is 2.32. The molecule has 94 valence electrons. The van der Waals surface area contributed by atoms with Gasteiger partial charge in [-0.25, -0.2) is 0 Å². The van der Waals surface area contributed by atoms with E-state index in [2.05, 4.69) is 46.3 Å². The number of para-hydroxylation sites is 1. The van der Waals surface area contributed by atoms with E-state index in [9.17, 15) is 0 Å². The van der Waals surface area contributed by atoms with Crippen molar-refractivity contribution in [1.82, 2.24) is 10.2 Å². The van der Waals surface area contributed by atoms with Crippen LogP contribution in [0.1, 0.15) is 17.5 Å². The second-order valence-electron chi connectivity index (χ2n) is 4.85. The first-order chi connectivity index (χ1) is 8.72. The minimum atomic E-state index is 0.545. The Morgan fingerprint density at radius 3 is 3.00 bits per heavy atom. The zero-order chi connectivity index (χ0) is 12.5. The molecule has 0 saturated heterocycles. The van der Waals surface area contributed by atoms with Crippen molar-refractivity contribution in [2.24, 2.45) is 5.92 Å². The maximum absolute atomic E-state index is 5.63. The molecule has 0 aliphatic carbocycles. The molecule has 1 unspecified atom stereocenters. The molecular formula is C13H16N4S. The van der Waals surface area contributed by atoms with Gasteiger partial charge in [-0.15, -0.1) is 10.2 Å². The summed E-state index contributed by atoms with van der Waals surface area (Å²) in [5.74, 6) is 0.671. The van der Waals surface area contributed by atoms with Crippen molar-refractivity contribution in [2.45, 2.75) is 19.9 Å². The van der Waals surface area contributed by atoms with Crippen LogP contribution in [0.2, 0.25) is 0 Å². The van der Waals surface area contributed by atoms with Gasteiger partial charge < -0.3 is 10.6 Å². The second-order valence-corrected chi connectivity index (χ2v) is 5.95. The van der Waals surface area contributed by atoms with Crippen LogP contribution in [0.5, 0.6) is 0 Å². The fraction of sp³-hybridized carbons (Fsp3) is 0.385. The Morgan fingerprint density at radius 1 is 1.39 bits per heavy atom. The summed E-state index contributed by atoms with van der Waals surface area (Å²) >= 11 is 1.47. The van der Waals surface area contributed by atoms with E-state index >= 15 is 0 Å². The lowest BCUT2D eigenvalue weighted by Gasteiger charge is -2.34. The average molecular weight is 260 g/mol. The lowest BCUT2D eigenvalue weighted by atomic mass is 9.94. The number of fused-ring (bicyclic) bond motifs is 1. The Bertz CT molecular complexity index is 551. The molecule has 0 bridgehead atoms. The zero-order valence-electron chi connectivity index (χ0n) is 10.3.